The second-order valence-corrected chi connectivity index (χ2v) is 11.4. The highest BCUT2D eigenvalue weighted by Crippen LogP contribution is 2.44. The van der Waals surface area contributed by atoms with Gasteiger partial charge in [-0.25, -0.2) is 9.59 Å². The number of esters is 4. The van der Waals surface area contributed by atoms with Gasteiger partial charge in [0.25, 0.3) is 0 Å². The standard InChI is InChI=1S/C34H38N4O12/c1-6-15-44-32(42)28(36-34(43)46-16-26-24-13-9-7-11-22(24)23-12-8-10-14-25(23)26)18(2)47-33-29(37-38-35)31(49-21(5)41)30(48-20(4)40)27(50-33)17-45-19(3)39/h6-14,18,26-31,33H,1,15-17H2,2-5H3,(H,36,43)/t18-,27+,28-,29+,30-,31+,33-/m0/s1. The lowest BCUT2D eigenvalue weighted by Crippen LogP contribution is -2.62. The van der Waals surface area contributed by atoms with Gasteiger partial charge in [0.05, 0.1) is 6.10 Å². The van der Waals surface area contributed by atoms with Crippen LogP contribution in [0.15, 0.2) is 66.3 Å². The summed E-state index contributed by atoms with van der Waals surface area (Å²) in [7, 11) is 0. The third kappa shape index (κ3) is 9.16. The largest absolute Gasteiger partial charge is 0.463 e. The zero-order valence-electron chi connectivity index (χ0n) is 27.9. The van der Waals surface area contributed by atoms with Crippen LogP contribution >= 0.6 is 0 Å². The Hall–Kier alpha value is -5.44. The molecule has 1 aliphatic heterocycles. The normalized spacial score (nSPS) is 21.9. The number of azide groups is 1. The van der Waals surface area contributed by atoms with Gasteiger partial charge in [-0.2, -0.15) is 0 Å². The fourth-order valence-corrected chi connectivity index (χ4v) is 5.84. The molecule has 50 heavy (non-hydrogen) atoms. The first-order valence-corrected chi connectivity index (χ1v) is 15.7. The van der Waals surface area contributed by atoms with Crippen LogP contribution in [-0.2, 0) is 52.3 Å². The van der Waals surface area contributed by atoms with Crippen molar-refractivity contribution in [3.05, 3.63) is 82.8 Å². The van der Waals surface area contributed by atoms with Gasteiger partial charge < -0.3 is 38.5 Å². The lowest BCUT2D eigenvalue weighted by atomic mass is 9.96. The second kappa shape index (κ2) is 17.3. The molecule has 0 aromatic heterocycles. The molecule has 0 unspecified atom stereocenters. The molecule has 1 fully saturated rings. The Balaban J connectivity index is 1.56. The molecule has 0 saturated carbocycles. The van der Waals surface area contributed by atoms with E-state index in [1.807, 2.05) is 48.5 Å². The Morgan fingerprint density at radius 3 is 2.06 bits per heavy atom. The van der Waals surface area contributed by atoms with E-state index >= 15 is 0 Å². The highest BCUT2D eigenvalue weighted by atomic mass is 16.7. The first kappa shape index (κ1) is 37.4. The molecule has 0 spiro atoms. The van der Waals surface area contributed by atoms with Crippen molar-refractivity contribution in [2.75, 3.05) is 19.8 Å². The Labute approximate surface area is 287 Å². The summed E-state index contributed by atoms with van der Waals surface area (Å²) in [6, 6.07) is 12.6. The minimum absolute atomic E-state index is 0.0480. The minimum atomic E-state index is -1.59. The van der Waals surface area contributed by atoms with Gasteiger partial charge in [-0.05, 0) is 34.7 Å². The van der Waals surface area contributed by atoms with E-state index in [9.17, 15) is 29.5 Å². The molecular formula is C34H38N4O12. The van der Waals surface area contributed by atoms with E-state index in [1.165, 1.54) is 13.0 Å². The minimum Gasteiger partial charge on any atom is -0.463 e. The van der Waals surface area contributed by atoms with Crippen molar-refractivity contribution in [2.24, 2.45) is 5.11 Å². The zero-order chi connectivity index (χ0) is 36.4. The third-order valence-electron chi connectivity index (χ3n) is 7.89. The Bertz CT molecular complexity index is 1600. The van der Waals surface area contributed by atoms with E-state index < -0.39 is 79.4 Å². The van der Waals surface area contributed by atoms with Gasteiger partial charge in [0.2, 0.25) is 0 Å². The van der Waals surface area contributed by atoms with Crippen molar-refractivity contribution in [3.8, 4) is 11.1 Å². The summed E-state index contributed by atoms with van der Waals surface area (Å²) < 4.78 is 38.7. The van der Waals surface area contributed by atoms with E-state index in [1.54, 1.807) is 0 Å². The number of amides is 1. The van der Waals surface area contributed by atoms with Crippen LogP contribution in [0.3, 0.4) is 0 Å². The van der Waals surface area contributed by atoms with Crippen molar-refractivity contribution in [1.29, 1.82) is 0 Å². The molecule has 4 rings (SSSR count). The lowest BCUT2D eigenvalue weighted by Gasteiger charge is -2.44. The molecule has 7 atom stereocenters. The van der Waals surface area contributed by atoms with Crippen LogP contribution in [-0.4, -0.2) is 92.6 Å². The van der Waals surface area contributed by atoms with Gasteiger partial charge >= 0.3 is 30.0 Å². The van der Waals surface area contributed by atoms with Crippen molar-refractivity contribution >= 4 is 30.0 Å². The van der Waals surface area contributed by atoms with Crippen molar-refractivity contribution in [2.45, 2.75) is 76.4 Å². The van der Waals surface area contributed by atoms with Crippen LogP contribution in [0.4, 0.5) is 4.79 Å². The maximum atomic E-state index is 13.2. The highest BCUT2D eigenvalue weighted by molar-refractivity contribution is 5.82. The summed E-state index contributed by atoms with van der Waals surface area (Å²) >= 11 is 0. The van der Waals surface area contributed by atoms with Gasteiger partial charge in [0, 0.05) is 31.6 Å². The number of rotatable bonds is 14. The SMILES string of the molecule is C=CCOC(=O)[C@@H](NC(=O)OCC1c2ccccc2-c2ccccc21)[C@H](C)O[C@H]1O[C@H](COC(C)=O)[C@H](OC(C)=O)[C@H](OC(C)=O)[C@H]1N=[N+]=[N-]. The molecule has 2 aliphatic rings. The monoisotopic (exact) mass is 694 g/mol. The van der Waals surface area contributed by atoms with Crippen LogP contribution < -0.4 is 5.32 Å². The average molecular weight is 695 g/mol. The number of hydrogen-bond acceptors (Lipinski definition) is 13. The molecule has 2 aromatic carbocycles. The van der Waals surface area contributed by atoms with E-state index in [4.69, 9.17) is 33.2 Å². The summed E-state index contributed by atoms with van der Waals surface area (Å²) in [4.78, 5) is 65.0. The van der Waals surface area contributed by atoms with E-state index in [0.29, 0.717) is 0 Å². The fraction of sp³-hybridized carbons (Fsp3) is 0.441. The number of carbonyl (C=O) groups excluding carboxylic acids is 5. The maximum absolute atomic E-state index is 13.2. The molecule has 1 saturated heterocycles. The molecule has 1 heterocycles. The van der Waals surface area contributed by atoms with Gasteiger partial charge in [-0.1, -0.05) is 66.3 Å². The van der Waals surface area contributed by atoms with E-state index in [2.05, 4.69) is 21.9 Å². The van der Waals surface area contributed by atoms with Gasteiger partial charge in [0.15, 0.2) is 24.5 Å². The fourth-order valence-electron chi connectivity index (χ4n) is 5.84. The van der Waals surface area contributed by atoms with Crippen molar-refractivity contribution in [3.63, 3.8) is 0 Å². The molecule has 1 aliphatic carbocycles. The van der Waals surface area contributed by atoms with Crippen LogP contribution in [0.25, 0.3) is 21.6 Å². The zero-order valence-corrected chi connectivity index (χ0v) is 27.9. The molecular weight excluding hydrogens is 656 g/mol. The Kier molecular flexibility index (Phi) is 12.9. The van der Waals surface area contributed by atoms with Crippen LogP contribution in [0, 0.1) is 0 Å². The molecule has 266 valence electrons. The Morgan fingerprint density at radius 2 is 1.50 bits per heavy atom. The molecule has 0 bridgehead atoms. The number of nitrogens with zero attached hydrogens (tertiary/aromatic N) is 3. The summed E-state index contributed by atoms with van der Waals surface area (Å²) in [6.45, 7) is 7.52. The van der Waals surface area contributed by atoms with Crippen molar-refractivity contribution < 1.29 is 57.1 Å². The molecule has 2 aromatic rings. The average Bonchev–Trinajstić information content (AvgIpc) is 3.39. The quantitative estimate of drug-likeness (QED) is 0.0746. The number of benzene rings is 2. The highest BCUT2D eigenvalue weighted by Gasteiger charge is 2.51. The molecule has 1 N–H and O–H groups in total. The number of ether oxygens (including phenoxy) is 7. The smallest absolute Gasteiger partial charge is 0.407 e. The summed E-state index contributed by atoms with van der Waals surface area (Å²) in [6.07, 6.45) is -6.64. The predicted molar refractivity (Wildman–Crippen MR) is 173 cm³/mol. The predicted octanol–water partition coefficient (Wildman–Crippen LogP) is 3.86. The first-order chi connectivity index (χ1) is 23.9. The van der Waals surface area contributed by atoms with Crippen LogP contribution in [0.5, 0.6) is 0 Å². The number of fused-ring (bicyclic) bond motifs is 3. The van der Waals surface area contributed by atoms with Crippen molar-refractivity contribution in [1.82, 2.24) is 5.32 Å². The summed E-state index contributed by atoms with van der Waals surface area (Å²) in [5.74, 6) is -3.50. The van der Waals surface area contributed by atoms with Gasteiger partial charge in [-0.15, -0.1) is 0 Å². The van der Waals surface area contributed by atoms with Gasteiger partial charge in [0.1, 0.15) is 32.0 Å². The molecule has 16 heteroatoms. The van der Waals surface area contributed by atoms with Crippen LogP contribution in [0.1, 0.15) is 44.7 Å². The van der Waals surface area contributed by atoms with E-state index in [0.717, 1.165) is 43.0 Å². The molecule has 1 amide bonds. The first-order valence-electron chi connectivity index (χ1n) is 15.7. The topological polar surface area (TPSA) is 211 Å². The Morgan fingerprint density at radius 1 is 0.900 bits per heavy atom. The van der Waals surface area contributed by atoms with E-state index in [-0.39, 0.29) is 19.1 Å². The maximum Gasteiger partial charge on any atom is 0.407 e. The molecule has 0 radical (unpaired) electrons. The van der Waals surface area contributed by atoms with Gasteiger partial charge in [-0.3, -0.25) is 14.4 Å². The third-order valence-corrected chi connectivity index (χ3v) is 7.89. The lowest BCUT2D eigenvalue weighted by molar-refractivity contribution is -0.284. The summed E-state index contributed by atoms with van der Waals surface area (Å²) in [5, 5.41) is 6.16. The van der Waals surface area contributed by atoms with Crippen LogP contribution in [0.2, 0.25) is 0 Å². The number of nitrogens with one attached hydrogen (secondary N) is 1. The number of hydrogen-bond donors (Lipinski definition) is 1. The number of carbonyl (C=O) groups is 5. The summed E-state index contributed by atoms with van der Waals surface area (Å²) in [5.41, 5.74) is 13.4. The number of alkyl carbamates (subject to hydrolysis) is 1. The molecule has 16 nitrogen and oxygen atoms in total. The second-order valence-electron chi connectivity index (χ2n) is 11.4.